The maximum atomic E-state index is 11.8. The van der Waals surface area contributed by atoms with Crippen LogP contribution in [0.25, 0.3) is 0 Å². The minimum Gasteiger partial charge on any atom is -0.468 e. The number of furan rings is 1. The molecule has 2 N–H and O–H groups in total. The first-order valence-corrected chi connectivity index (χ1v) is 5.87. The van der Waals surface area contributed by atoms with Crippen molar-refractivity contribution in [2.75, 3.05) is 10.6 Å². The number of fused-ring (bicyclic) bond motifs is 1. The van der Waals surface area contributed by atoms with Crippen LogP contribution < -0.4 is 10.6 Å². The lowest BCUT2D eigenvalue weighted by Crippen LogP contribution is -2.39. The van der Waals surface area contributed by atoms with E-state index in [2.05, 4.69) is 10.6 Å². The second-order valence-corrected chi connectivity index (χ2v) is 4.70. The van der Waals surface area contributed by atoms with Gasteiger partial charge in [-0.05, 0) is 11.4 Å². The molecular weight excluding hydrogens is 224 g/mol. The highest BCUT2D eigenvalue weighted by molar-refractivity contribution is 7.09. The van der Waals surface area contributed by atoms with Gasteiger partial charge >= 0.3 is 0 Å². The van der Waals surface area contributed by atoms with E-state index in [-0.39, 0.29) is 11.9 Å². The average Bonchev–Trinajstić information content (AvgIpc) is 2.89. The molecule has 2 aromatic heterocycles. The minimum absolute atomic E-state index is 0.0118. The molecule has 5 heteroatoms. The lowest BCUT2D eigenvalue weighted by atomic mass is 10.1. The summed E-state index contributed by atoms with van der Waals surface area (Å²) in [6, 6.07) is 3.80. The summed E-state index contributed by atoms with van der Waals surface area (Å²) in [5, 5.41) is 7.99. The van der Waals surface area contributed by atoms with Crippen LogP contribution in [-0.4, -0.2) is 11.9 Å². The maximum Gasteiger partial charge on any atom is 0.247 e. The first-order chi connectivity index (χ1) is 7.83. The molecule has 1 amide bonds. The predicted octanol–water partition coefficient (Wildman–Crippen LogP) is 2.32. The molecular formula is C11H10N2O2S. The van der Waals surface area contributed by atoms with Gasteiger partial charge in [-0.2, -0.15) is 0 Å². The van der Waals surface area contributed by atoms with Crippen molar-refractivity contribution < 1.29 is 9.21 Å². The molecule has 16 heavy (non-hydrogen) atoms. The van der Waals surface area contributed by atoms with Gasteiger partial charge in [0.1, 0.15) is 24.3 Å². The van der Waals surface area contributed by atoms with Crippen molar-refractivity contribution in [1.82, 2.24) is 0 Å². The Kier molecular flexibility index (Phi) is 2.18. The van der Waals surface area contributed by atoms with Gasteiger partial charge < -0.3 is 15.1 Å². The number of nitrogens with one attached hydrogen (secondary N) is 2. The molecule has 0 aromatic carbocycles. The Labute approximate surface area is 96.3 Å². The van der Waals surface area contributed by atoms with Crippen molar-refractivity contribution in [2.24, 2.45) is 0 Å². The summed E-state index contributed by atoms with van der Waals surface area (Å²) in [4.78, 5) is 13.0. The minimum atomic E-state index is -0.219. The first kappa shape index (κ1) is 9.47. The van der Waals surface area contributed by atoms with Crippen molar-refractivity contribution in [3.8, 4) is 0 Å². The third-order valence-electron chi connectivity index (χ3n) is 2.55. The van der Waals surface area contributed by atoms with Gasteiger partial charge in [0.15, 0.2) is 0 Å². The SMILES string of the molecule is O=C1Nc2cocc2NC1Cc1cccs1. The smallest absolute Gasteiger partial charge is 0.247 e. The lowest BCUT2D eigenvalue weighted by molar-refractivity contribution is -0.117. The van der Waals surface area contributed by atoms with Crippen LogP contribution in [0.1, 0.15) is 4.88 Å². The number of hydrogen-bond donors (Lipinski definition) is 2. The Balaban J connectivity index is 1.80. The first-order valence-electron chi connectivity index (χ1n) is 4.99. The Morgan fingerprint density at radius 1 is 1.38 bits per heavy atom. The molecule has 2 aromatic rings. The van der Waals surface area contributed by atoms with E-state index in [1.807, 2.05) is 17.5 Å². The largest absolute Gasteiger partial charge is 0.468 e. The van der Waals surface area contributed by atoms with Crippen LogP contribution in [0.3, 0.4) is 0 Å². The summed E-state index contributed by atoms with van der Waals surface area (Å²) >= 11 is 1.66. The number of carbonyl (C=O) groups excluding carboxylic acids is 1. The second-order valence-electron chi connectivity index (χ2n) is 3.67. The topological polar surface area (TPSA) is 54.3 Å². The third-order valence-corrected chi connectivity index (χ3v) is 3.45. The van der Waals surface area contributed by atoms with E-state index >= 15 is 0 Å². The molecule has 0 aliphatic carbocycles. The van der Waals surface area contributed by atoms with Crippen LogP contribution in [0.4, 0.5) is 11.4 Å². The number of rotatable bonds is 2. The van der Waals surface area contributed by atoms with Crippen LogP contribution in [0.15, 0.2) is 34.5 Å². The fourth-order valence-corrected chi connectivity index (χ4v) is 2.50. The highest BCUT2D eigenvalue weighted by atomic mass is 32.1. The molecule has 0 saturated carbocycles. The maximum absolute atomic E-state index is 11.8. The fraction of sp³-hybridized carbons (Fsp3) is 0.182. The summed E-state index contributed by atoms with van der Waals surface area (Å²) in [6.45, 7) is 0. The third kappa shape index (κ3) is 1.59. The number of thiophene rings is 1. The van der Waals surface area contributed by atoms with Gasteiger partial charge in [0.2, 0.25) is 5.91 Å². The Bertz CT molecular complexity index is 504. The van der Waals surface area contributed by atoms with E-state index in [0.29, 0.717) is 12.1 Å². The zero-order valence-electron chi connectivity index (χ0n) is 8.40. The van der Waals surface area contributed by atoms with Crippen molar-refractivity contribution in [3.05, 3.63) is 34.9 Å². The summed E-state index contributed by atoms with van der Waals surface area (Å²) in [6.07, 6.45) is 3.84. The van der Waals surface area contributed by atoms with Crippen molar-refractivity contribution in [3.63, 3.8) is 0 Å². The second kappa shape index (κ2) is 3.68. The molecule has 1 atom stereocenters. The van der Waals surface area contributed by atoms with Crippen LogP contribution in [-0.2, 0) is 11.2 Å². The van der Waals surface area contributed by atoms with E-state index in [1.165, 1.54) is 11.1 Å². The standard InChI is InChI=1S/C11H10N2O2S/c14-11-8(4-7-2-1-3-16-7)12-9-5-15-6-10(9)13-11/h1-3,5-6,8,12H,4H2,(H,13,14). The van der Waals surface area contributed by atoms with Gasteiger partial charge in [-0.15, -0.1) is 11.3 Å². The van der Waals surface area contributed by atoms with E-state index in [9.17, 15) is 4.79 Å². The predicted molar refractivity (Wildman–Crippen MR) is 62.8 cm³/mol. The molecule has 0 saturated heterocycles. The highest BCUT2D eigenvalue weighted by Crippen LogP contribution is 2.28. The van der Waals surface area contributed by atoms with Crippen LogP contribution in [0.2, 0.25) is 0 Å². The number of anilines is 2. The molecule has 0 radical (unpaired) electrons. The molecule has 4 nitrogen and oxygen atoms in total. The van der Waals surface area contributed by atoms with Gasteiger partial charge in [-0.3, -0.25) is 4.79 Å². The van der Waals surface area contributed by atoms with E-state index in [4.69, 9.17) is 4.42 Å². The quantitative estimate of drug-likeness (QED) is 0.838. The van der Waals surface area contributed by atoms with Crippen LogP contribution in [0.5, 0.6) is 0 Å². The molecule has 1 unspecified atom stereocenters. The van der Waals surface area contributed by atoms with Gasteiger partial charge in [0, 0.05) is 11.3 Å². The number of carbonyl (C=O) groups is 1. The van der Waals surface area contributed by atoms with E-state index < -0.39 is 0 Å². The van der Waals surface area contributed by atoms with Gasteiger partial charge in [-0.1, -0.05) is 6.07 Å². The number of amides is 1. The lowest BCUT2D eigenvalue weighted by Gasteiger charge is -2.23. The van der Waals surface area contributed by atoms with E-state index in [0.717, 1.165) is 5.69 Å². The molecule has 0 fully saturated rings. The molecule has 3 heterocycles. The number of hydrogen-bond acceptors (Lipinski definition) is 4. The van der Waals surface area contributed by atoms with Crippen LogP contribution >= 0.6 is 11.3 Å². The molecule has 3 rings (SSSR count). The van der Waals surface area contributed by atoms with Gasteiger partial charge in [0.05, 0.1) is 5.69 Å². The van der Waals surface area contributed by atoms with Crippen molar-refractivity contribution in [2.45, 2.75) is 12.5 Å². The Hall–Kier alpha value is -1.75. The molecule has 1 aliphatic rings. The normalized spacial score (nSPS) is 18.8. The summed E-state index contributed by atoms with van der Waals surface area (Å²) in [5.74, 6) is -0.0118. The zero-order chi connectivity index (χ0) is 11.0. The summed E-state index contributed by atoms with van der Waals surface area (Å²) in [7, 11) is 0. The Morgan fingerprint density at radius 3 is 3.06 bits per heavy atom. The van der Waals surface area contributed by atoms with Crippen molar-refractivity contribution in [1.29, 1.82) is 0 Å². The zero-order valence-corrected chi connectivity index (χ0v) is 9.21. The molecule has 0 spiro atoms. The van der Waals surface area contributed by atoms with Gasteiger partial charge in [0.25, 0.3) is 0 Å². The fourth-order valence-electron chi connectivity index (χ4n) is 1.75. The van der Waals surface area contributed by atoms with Crippen LogP contribution in [0, 0.1) is 0 Å². The highest BCUT2D eigenvalue weighted by Gasteiger charge is 2.26. The van der Waals surface area contributed by atoms with Gasteiger partial charge in [-0.25, -0.2) is 0 Å². The van der Waals surface area contributed by atoms with Crippen molar-refractivity contribution >= 4 is 28.6 Å². The average molecular weight is 234 g/mol. The molecule has 82 valence electrons. The summed E-state index contributed by atoms with van der Waals surface area (Å²) in [5.41, 5.74) is 1.56. The summed E-state index contributed by atoms with van der Waals surface area (Å²) < 4.78 is 5.02. The van der Waals surface area contributed by atoms with E-state index in [1.54, 1.807) is 17.6 Å². The monoisotopic (exact) mass is 234 g/mol. The Morgan fingerprint density at radius 2 is 2.25 bits per heavy atom. The molecule has 1 aliphatic heterocycles. The molecule has 0 bridgehead atoms.